The molecule has 43 heteroatoms. The molecule has 0 rings (SSSR count). The van der Waals surface area contributed by atoms with Crippen molar-refractivity contribution in [2.75, 3.05) is 38.5 Å². The smallest absolute Gasteiger partial charge is 0.326 e. The number of aliphatic hydroxyl groups excluding tert-OH is 1. The summed E-state index contributed by atoms with van der Waals surface area (Å²) >= 11 is 4.16. The Kier molecular flexibility index (Phi) is 44.0. The lowest BCUT2D eigenvalue weighted by Crippen LogP contribution is -2.61. The molecule has 13 atom stereocenters. The number of carbonyl (C=O) groups excluding carboxylic acids is 17. The summed E-state index contributed by atoms with van der Waals surface area (Å²) in [7, 11) is 0. The van der Waals surface area contributed by atoms with Gasteiger partial charge in [0.15, 0.2) is 5.96 Å². The third-order valence-corrected chi connectivity index (χ3v) is 15.6. The van der Waals surface area contributed by atoms with Crippen LogP contribution in [-0.4, -0.2) is 234 Å². The molecule has 0 aromatic heterocycles. The van der Waals surface area contributed by atoms with Gasteiger partial charge in [0.2, 0.25) is 100 Å². The number of rotatable bonds is 52. The largest absolute Gasteiger partial charge is 0.480 e. The van der Waals surface area contributed by atoms with E-state index >= 15 is 0 Å². The summed E-state index contributed by atoms with van der Waals surface area (Å²) in [6.07, 6.45) is -4.18. The first-order valence-corrected chi connectivity index (χ1v) is 33.7. The molecule has 42 nitrogen and oxygen atoms in total. The number of nitrogens with two attached hydrogens (primary N) is 8. The van der Waals surface area contributed by atoms with E-state index in [9.17, 15) is 96.5 Å². The van der Waals surface area contributed by atoms with Gasteiger partial charge in [-0.25, -0.2) is 4.79 Å². The maximum atomic E-state index is 14.1. The Morgan fingerprint density at radius 2 is 0.816 bits per heavy atom. The summed E-state index contributed by atoms with van der Waals surface area (Å²) in [6, 6.07) is -17.0. The van der Waals surface area contributed by atoms with Gasteiger partial charge >= 0.3 is 5.97 Å². The number of carbonyl (C=O) groups is 18. The van der Waals surface area contributed by atoms with E-state index in [0.29, 0.717) is 19.3 Å². The van der Waals surface area contributed by atoms with E-state index in [0.717, 1.165) is 6.92 Å². The molecule has 0 radical (unpaired) electrons. The van der Waals surface area contributed by atoms with Gasteiger partial charge in [0.05, 0.1) is 44.6 Å². The minimum Gasteiger partial charge on any atom is -0.480 e. The number of thiol groups is 1. The van der Waals surface area contributed by atoms with Crippen LogP contribution in [0.2, 0.25) is 0 Å². The number of primary amides is 4. The second kappa shape index (κ2) is 48.7. The fraction of sp³-hybridized carbons (Fsp3) is 0.683. The van der Waals surface area contributed by atoms with Crippen LogP contribution in [0, 0.1) is 17.8 Å². The SMILES string of the molecule is CC[C@H](C)[C@H](N)C(=O)N[C@@H](CCC(N)=O)C(=O)NCC(=O)N[C@@H](CC(N)=O)C(=O)NCC(=O)N[C@@H](CCCN=C(N)N)C(=O)N[C@@H](CCC(N)=O)C(=O)N[C@H](C(=O)NCC(=O)N[C@@H](CS)C(=O)N[C@@H](CC(C)C)C(=O)N[C@H](C(=O)N[C@@H](CC(N)=O)C(=O)N[C@@H](CCCCN)C(=O)O)[C@@H](C)O)C(C)C. The molecule has 0 saturated carbocycles. The van der Waals surface area contributed by atoms with Crippen molar-refractivity contribution in [1.82, 2.24) is 69.1 Å². The zero-order valence-electron chi connectivity index (χ0n) is 58.9. The van der Waals surface area contributed by atoms with E-state index in [-0.39, 0.29) is 69.4 Å². The number of aliphatic carboxylic acids is 1. The number of nitrogens with zero attached hydrogens (tertiary/aromatic N) is 1. The van der Waals surface area contributed by atoms with Crippen molar-refractivity contribution in [3.05, 3.63) is 0 Å². The predicted molar refractivity (Wildman–Crippen MR) is 371 cm³/mol. The van der Waals surface area contributed by atoms with Gasteiger partial charge in [-0.15, -0.1) is 0 Å². The molecular formula is C60H106N22O20S. The average Bonchev–Trinajstić information content (AvgIpc) is 0.862. The number of unbranched alkanes of at least 4 members (excludes halogenated alkanes) is 1. The molecule has 31 N–H and O–H groups in total. The van der Waals surface area contributed by atoms with Crippen LogP contribution in [0.1, 0.15) is 132 Å². The molecule has 0 fully saturated rings. The van der Waals surface area contributed by atoms with E-state index in [1.54, 1.807) is 27.7 Å². The van der Waals surface area contributed by atoms with Gasteiger partial charge in [0.25, 0.3) is 0 Å². The highest BCUT2D eigenvalue weighted by Crippen LogP contribution is 2.12. The molecule has 582 valence electrons. The first kappa shape index (κ1) is 93.0. The molecule has 0 bridgehead atoms. The zero-order valence-corrected chi connectivity index (χ0v) is 59.7. The van der Waals surface area contributed by atoms with Crippen molar-refractivity contribution in [2.45, 2.75) is 205 Å². The number of hydrogen-bond donors (Lipinski definition) is 24. The standard InChI is InChI=1S/C60H106N22O20S/c1-8-29(6)46(66)56(98)77-32(14-16-39(62)84)49(91)70-24-44(89)74-36(21-41(64)86)50(92)71-23-43(88)73-31(13-11-19-69-60(67)68)51(93)76-33(15-17-40(63)85)52(94)81-47(28(4)5)57(99)72-25-45(90)75-38(26-103)55(97)79-35(20-27(2)3)54(96)82-48(30(7)83)58(100)80-37(22-42(65)87)53(95)78-34(59(101)102)12-9-10-18-61/h27-38,46-48,83,103H,8-26,61,66H2,1-7H3,(H2,62,84)(H2,63,85)(H2,64,86)(H2,65,87)(H,70,91)(H,71,92)(H,72,99)(H,73,88)(H,74,89)(H,75,90)(H,76,93)(H,77,98)(H,78,95)(H,79,97)(H,80,100)(H,81,94)(H,82,96)(H,101,102)(H4,67,68,69)/t29-,30+,31-,32-,33-,34-,35-,36-,37-,38-,46-,47-,48-/m0/s1. The van der Waals surface area contributed by atoms with Gasteiger partial charge in [-0.3, -0.25) is 86.5 Å². The Labute approximate surface area is 600 Å². The summed E-state index contributed by atoms with van der Waals surface area (Å²) in [6.45, 7) is 8.40. The predicted octanol–water partition coefficient (Wildman–Crippen LogP) is -10.9. The first-order valence-electron chi connectivity index (χ1n) is 33.1. The summed E-state index contributed by atoms with van der Waals surface area (Å²) in [5.41, 5.74) is 43.6. The van der Waals surface area contributed by atoms with Gasteiger partial charge in [-0.2, -0.15) is 12.6 Å². The summed E-state index contributed by atoms with van der Waals surface area (Å²) in [4.78, 5) is 238. The highest BCUT2D eigenvalue weighted by Gasteiger charge is 2.37. The van der Waals surface area contributed by atoms with Crippen LogP contribution < -0.4 is 115 Å². The second-order valence-corrected chi connectivity index (χ2v) is 25.3. The monoisotopic (exact) mass is 1490 g/mol. The summed E-state index contributed by atoms with van der Waals surface area (Å²) < 4.78 is 0. The van der Waals surface area contributed by atoms with Crippen LogP contribution in [0.3, 0.4) is 0 Å². The van der Waals surface area contributed by atoms with Crippen LogP contribution >= 0.6 is 12.6 Å². The topological polar surface area (TPSA) is 725 Å². The van der Waals surface area contributed by atoms with Gasteiger partial charge in [0, 0.05) is 25.1 Å². The Morgan fingerprint density at radius 3 is 1.27 bits per heavy atom. The molecule has 0 aromatic carbocycles. The fourth-order valence-corrected chi connectivity index (χ4v) is 9.51. The van der Waals surface area contributed by atoms with Crippen molar-refractivity contribution in [3.8, 4) is 0 Å². The van der Waals surface area contributed by atoms with Gasteiger partial charge in [-0.05, 0) is 82.6 Å². The summed E-state index contributed by atoms with van der Waals surface area (Å²) in [5.74, 6) is -21.0. The molecule has 17 amide bonds. The third-order valence-electron chi connectivity index (χ3n) is 15.2. The van der Waals surface area contributed by atoms with Crippen molar-refractivity contribution in [1.29, 1.82) is 0 Å². The quantitative estimate of drug-likeness (QED) is 0.0116. The molecule has 103 heavy (non-hydrogen) atoms. The molecule has 0 aromatic rings. The lowest BCUT2D eigenvalue weighted by molar-refractivity contribution is -0.143. The van der Waals surface area contributed by atoms with Crippen LogP contribution in [0.4, 0.5) is 0 Å². The van der Waals surface area contributed by atoms with Crippen LogP contribution in [0.25, 0.3) is 0 Å². The van der Waals surface area contributed by atoms with E-state index < -0.39 is 236 Å². The van der Waals surface area contributed by atoms with Gasteiger partial charge in [0.1, 0.15) is 60.4 Å². The van der Waals surface area contributed by atoms with Crippen molar-refractivity contribution < 1.29 is 96.5 Å². The molecule has 0 aliphatic rings. The Hall–Kier alpha value is -10.0. The Morgan fingerprint density at radius 1 is 0.427 bits per heavy atom. The zero-order chi connectivity index (χ0) is 79.0. The number of aliphatic imine (C=N–C) groups is 1. The molecule has 0 spiro atoms. The van der Waals surface area contributed by atoms with Crippen molar-refractivity contribution in [2.24, 2.45) is 68.6 Å². The number of carboxylic acid groups (broad SMARTS) is 1. The molecule has 0 aliphatic carbocycles. The average molecular weight is 1490 g/mol. The van der Waals surface area contributed by atoms with E-state index in [1.165, 1.54) is 13.8 Å². The lowest BCUT2D eigenvalue weighted by atomic mass is 9.98. The van der Waals surface area contributed by atoms with Crippen LogP contribution in [-0.2, 0) is 86.3 Å². The van der Waals surface area contributed by atoms with Crippen molar-refractivity contribution >= 4 is 125 Å². The maximum Gasteiger partial charge on any atom is 0.326 e. The minimum absolute atomic E-state index is 0.00859. The molecule has 0 saturated heterocycles. The van der Waals surface area contributed by atoms with E-state index in [1.807, 2.05) is 0 Å². The number of amides is 17. The molecular weight excluding hydrogens is 1380 g/mol. The molecule has 0 aliphatic heterocycles. The normalized spacial score (nSPS) is 14.8. The van der Waals surface area contributed by atoms with E-state index in [4.69, 9.17) is 45.9 Å². The molecule has 0 heterocycles. The lowest BCUT2D eigenvalue weighted by Gasteiger charge is -2.28. The number of nitrogens with one attached hydrogen (secondary N) is 13. The highest BCUT2D eigenvalue weighted by molar-refractivity contribution is 7.80. The van der Waals surface area contributed by atoms with Crippen molar-refractivity contribution in [3.63, 3.8) is 0 Å². The number of aliphatic hydroxyl groups is 1. The van der Waals surface area contributed by atoms with Gasteiger partial charge < -0.3 is 125 Å². The maximum absolute atomic E-state index is 14.1. The van der Waals surface area contributed by atoms with Gasteiger partial charge in [-0.1, -0.05) is 48.0 Å². The Balaban J connectivity index is 6.39. The fourth-order valence-electron chi connectivity index (χ4n) is 9.25. The molecule has 0 unspecified atom stereocenters. The number of guanidine groups is 1. The third kappa shape index (κ3) is 38.5. The Bertz CT molecular complexity index is 2990. The van der Waals surface area contributed by atoms with Crippen LogP contribution in [0.15, 0.2) is 4.99 Å². The second-order valence-electron chi connectivity index (χ2n) is 24.9. The first-order chi connectivity index (χ1) is 48.1. The van der Waals surface area contributed by atoms with Crippen LogP contribution in [0.5, 0.6) is 0 Å². The number of carboxylic acids is 1. The van der Waals surface area contributed by atoms with E-state index in [2.05, 4.69) is 86.7 Å². The number of hydrogen-bond acceptors (Lipinski definition) is 23. The highest BCUT2D eigenvalue weighted by atomic mass is 32.1. The summed E-state index contributed by atoms with van der Waals surface area (Å²) in [5, 5.41) is 50.4. The minimum atomic E-state index is -1.86.